The van der Waals surface area contributed by atoms with Crippen LogP contribution in [0.15, 0.2) is 47.0 Å². The van der Waals surface area contributed by atoms with Crippen LogP contribution >= 0.6 is 0 Å². The average molecular weight is 423 g/mol. The van der Waals surface area contributed by atoms with E-state index in [4.69, 9.17) is 9.26 Å². The Labute approximate surface area is 181 Å². The SMILES string of the molecule is COc1ccc(N(C(=O)CCc2nc(-c3ccc(F)c(C)c3)no2)C(C)C2CC2)cc1. The maximum Gasteiger partial charge on any atom is 0.227 e. The maximum absolute atomic E-state index is 13.5. The van der Waals surface area contributed by atoms with Crippen molar-refractivity contribution < 1.29 is 18.4 Å². The Morgan fingerprint density at radius 1 is 1.26 bits per heavy atom. The number of carbonyl (C=O) groups excluding carboxylic acids is 1. The van der Waals surface area contributed by atoms with Crippen LogP contribution in [0.1, 0.15) is 37.6 Å². The number of aryl methyl sites for hydroxylation is 2. The Balaban J connectivity index is 1.46. The molecule has 6 nitrogen and oxygen atoms in total. The van der Waals surface area contributed by atoms with Crippen molar-refractivity contribution in [2.45, 2.75) is 45.6 Å². The second-order valence-electron chi connectivity index (χ2n) is 8.02. The van der Waals surface area contributed by atoms with Crippen molar-refractivity contribution in [3.8, 4) is 17.1 Å². The van der Waals surface area contributed by atoms with Gasteiger partial charge in [-0.1, -0.05) is 5.16 Å². The van der Waals surface area contributed by atoms with Crippen molar-refractivity contribution in [1.29, 1.82) is 0 Å². The molecule has 1 heterocycles. The highest BCUT2D eigenvalue weighted by Gasteiger charge is 2.35. The van der Waals surface area contributed by atoms with Crippen LogP contribution in [-0.2, 0) is 11.2 Å². The van der Waals surface area contributed by atoms with Gasteiger partial charge < -0.3 is 14.2 Å². The summed E-state index contributed by atoms with van der Waals surface area (Å²) >= 11 is 0. The number of benzene rings is 2. The summed E-state index contributed by atoms with van der Waals surface area (Å²) in [5.41, 5.74) is 2.06. The molecule has 1 saturated carbocycles. The molecule has 1 aromatic heterocycles. The predicted octanol–water partition coefficient (Wildman–Crippen LogP) is 4.96. The summed E-state index contributed by atoms with van der Waals surface area (Å²) in [6.45, 7) is 3.79. The Morgan fingerprint density at radius 3 is 2.65 bits per heavy atom. The first-order chi connectivity index (χ1) is 15.0. The minimum absolute atomic E-state index is 0.0157. The van der Waals surface area contributed by atoms with Gasteiger partial charge in [-0.3, -0.25) is 4.79 Å². The summed E-state index contributed by atoms with van der Waals surface area (Å²) in [6.07, 6.45) is 2.89. The summed E-state index contributed by atoms with van der Waals surface area (Å²) < 4.78 is 24.1. The molecule has 0 bridgehead atoms. The van der Waals surface area contributed by atoms with Gasteiger partial charge in [-0.25, -0.2) is 4.39 Å². The van der Waals surface area contributed by atoms with E-state index in [1.807, 2.05) is 29.2 Å². The van der Waals surface area contributed by atoms with Crippen LogP contribution in [0.5, 0.6) is 5.75 Å². The molecule has 1 atom stereocenters. The van der Waals surface area contributed by atoms with Crippen LogP contribution in [0.4, 0.5) is 10.1 Å². The lowest BCUT2D eigenvalue weighted by Gasteiger charge is -2.29. The third kappa shape index (κ3) is 4.76. The molecule has 1 fully saturated rings. The molecule has 0 spiro atoms. The largest absolute Gasteiger partial charge is 0.497 e. The second-order valence-corrected chi connectivity index (χ2v) is 8.02. The number of amides is 1. The smallest absolute Gasteiger partial charge is 0.227 e. The summed E-state index contributed by atoms with van der Waals surface area (Å²) in [5, 5.41) is 3.98. The molecule has 7 heteroatoms. The number of anilines is 1. The number of carbonyl (C=O) groups is 1. The highest BCUT2D eigenvalue weighted by molar-refractivity contribution is 5.94. The summed E-state index contributed by atoms with van der Waals surface area (Å²) in [7, 11) is 1.62. The van der Waals surface area contributed by atoms with Gasteiger partial charge in [-0.15, -0.1) is 0 Å². The number of hydrogen-bond acceptors (Lipinski definition) is 5. The second kappa shape index (κ2) is 8.88. The average Bonchev–Trinajstić information content (AvgIpc) is 3.53. The molecular formula is C24H26FN3O3. The Morgan fingerprint density at radius 2 is 2.00 bits per heavy atom. The van der Waals surface area contributed by atoms with Crippen molar-refractivity contribution in [3.63, 3.8) is 0 Å². The van der Waals surface area contributed by atoms with Crippen molar-refractivity contribution in [2.24, 2.45) is 5.92 Å². The van der Waals surface area contributed by atoms with E-state index >= 15 is 0 Å². The lowest BCUT2D eigenvalue weighted by atomic mass is 10.1. The molecule has 0 saturated heterocycles. The number of nitrogens with zero attached hydrogens (tertiary/aromatic N) is 3. The fourth-order valence-corrected chi connectivity index (χ4v) is 3.73. The minimum Gasteiger partial charge on any atom is -0.497 e. The summed E-state index contributed by atoms with van der Waals surface area (Å²) in [6, 6.07) is 12.4. The van der Waals surface area contributed by atoms with Gasteiger partial charge in [0.1, 0.15) is 11.6 Å². The number of methoxy groups -OCH3 is 1. The molecule has 162 valence electrons. The molecule has 31 heavy (non-hydrogen) atoms. The van der Waals surface area contributed by atoms with Crippen LogP contribution in [0, 0.1) is 18.7 Å². The first-order valence-electron chi connectivity index (χ1n) is 10.5. The van der Waals surface area contributed by atoms with Crippen molar-refractivity contribution in [1.82, 2.24) is 10.1 Å². The quantitative estimate of drug-likeness (QED) is 0.512. The fraction of sp³-hybridized carbons (Fsp3) is 0.375. The third-order valence-corrected chi connectivity index (χ3v) is 5.77. The van der Waals surface area contributed by atoms with E-state index in [2.05, 4.69) is 17.1 Å². The van der Waals surface area contributed by atoms with Crippen molar-refractivity contribution >= 4 is 11.6 Å². The topological polar surface area (TPSA) is 68.5 Å². The van der Waals surface area contributed by atoms with Crippen molar-refractivity contribution in [3.05, 3.63) is 59.7 Å². The van der Waals surface area contributed by atoms with Gasteiger partial charge in [0.15, 0.2) is 0 Å². The van der Waals surface area contributed by atoms with E-state index in [9.17, 15) is 9.18 Å². The number of halogens is 1. The highest BCUT2D eigenvalue weighted by atomic mass is 19.1. The van der Waals surface area contributed by atoms with Crippen LogP contribution in [0.2, 0.25) is 0 Å². The summed E-state index contributed by atoms with van der Waals surface area (Å²) in [5.74, 6) is 1.80. The first-order valence-corrected chi connectivity index (χ1v) is 10.5. The van der Waals surface area contributed by atoms with Gasteiger partial charge in [-0.2, -0.15) is 4.98 Å². The zero-order valence-corrected chi connectivity index (χ0v) is 18.0. The van der Waals surface area contributed by atoms with E-state index in [-0.39, 0.29) is 24.2 Å². The molecule has 0 radical (unpaired) electrons. The standard InChI is InChI=1S/C24H26FN3O3/c1-15-14-18(6-11-21(15)25)24-26-22(31-27-24)12-13-23(29)28(16(2)17-4-5-17)19-7-9-20(30-3)10-8-19/h6-11,14,16-17H,4-5,12-13H2,1-3H3. The van der Waals surface area contributed by atoms with Gasteiger partial charge in [0.25, 0.3) is 0 Å². The van der Waals surface area contributed by atoms with Crippen LogP contribution in [-0.4, -0.2) is 29.2 Å². The number of hydrogen-bond donors (Lipinski definition) is 0. The zero-order valence-electron chi connectivity index (χ0n) is 18.0. The van der Waals surface area contributed by atoms with Crippen LogP contribution in [0.25, 0.3) is 11.4 Å². The molecule has 1 aliphatic rings. The van der Waals surface area contributed by atoms with Gasteiger partial charge in [-0.05, 0) is 80.6 Å². The van der Waals surface area contributed by atoms with Gasteiger partial charge in [0, 0.05) is 30.1 Å². The fourth-order valence-electron chi connectivity index (χ4n) is 3.73. The minimum atomic E-state index is -0.276. The van der Waals surface area contributed by atoms with Gasteiger partial charge >= 0.3 is 0 Å². The molecule has 0 N–H and O–H groups in total. The Hall–Kier alpha value is -3.22. The third-order valence-electron chi connectivity index (χ3n) is 5.77. The van der Waals surface area contributed by atoms with E-state index in [1.54, 1.807) is 26.2 Å². The van der Waals surface area contributed by atoms with E-state index in [1.165, 1.54) is 6.07 Å². The molecule has 2 aromatic carbocycles. The Kier molecular flexibility index (Phi) is 6.02. The van der Waals surface area contributed by atoms with E-state index in [0.717, 1.165) is 24.3 Å². The number of ether oxygens (including phenoxy) is 1. The first kappa shape index (κ1) is 21.0. The normalized spacial score (nSPS) is 14.3. The van der Waals surface area contributed by atoms with Crippen LogP contribution in [0.3, 0.4) is 0 Å². The number of rotatable bonds is 8. The molecular weight excluding hydrogens is 397 g/mol. The van der Waals surface area contributed by atoms with Crippen molar-refractivity contribution in [2.75, 3.05) is 12.0 Å². The highest BCUT2D eigenvalue weighted by Crippen LogP contribution is 2.37. The monoisotopic (exact) mass is 423 g/mol. The van der Waals surface area contributed by atoms with E-state index in [0.29, 0.717) is 35.2 Å². The maximum atomic E-state index is 13.5. The van der Waals surface area contributed by atoms with E-state index < -0.39 is 0 Å². The van der Waals surface area contributed by atoms with Crippen LogP contribution < -0.4 is 9.64 Å². The van der Waals surface area contributed by atoms with Gasteiger partial charge in [0.2, 0.25) is 17.6 Å². The Bertz CT molecular complexity index is 1060. The lowest BCUT2D eigenvalue weighted by molar-refractivity contribution is -0.119. The number of aromatic nitrogens is 2. The molecule has 1 aliphatic carbocycles. The molecule has 3 aromatic rings. The van der Waals surface area contributed by atoms with Gasteiger partial charge in [0.05, 0.1) is 7.11 Å². The zero-order chi connectivity index (χ0) is 22.0. The molecule has 4 rings (SSSR count). The molecule has 1 amide bonds. The molecule has 1 unspecified atom stereocenters. The predicted molar refractivity (Wildman–Crippen MR) is 115 cm³/mol. The molecule has 0 aliphatic heterocycles. The lowest BCUT2D eigenvalue weighted by Crippen LogP contribution is -2.40. The summed E-state index contributed by atoms with van der Waals surface area (Å²) in [4.78, 5) is 19.4.